The molecular weight excluding hydrogens is 340 g/mol. The highest BCUT2D eigenvalue weighted by atomic mass is 32.2. The molecule has 4 rings (SSSR count). The zero-order valence-electron chi connectivity index (χ0n) is 14.8. The molecule has 0 spiro atoms. The average molecular weight is 363 g/mol. The van der Waals surface area contributed by atoms with E-state index in [0.29, 0.717) is 0 Å². The van der Waals surface area contributed by atoms with E-state index in [4.69, 9.17) is 0 Å². The van der Waals surface area contributed by atoms with E-state index in [1.54, 1.807) is 18.1 Å². The molecule has 1 aliphatic heterocycles. The number of hydrogen-bond donors (Lipinski definition) is 1. The fourth-order valence-electron chi connectivity index (χ4n) is 3.33. The van der Waals surface area contributed by atoms with Crippen LogP contribution in [0.25, 0.3) is 0 Å². The summed E-state index contributed by atoms with van der Waals surface area (Å²) < 4.78 is 0. The van der Waals surface area contributed by atoms with Gasteiger partial charge in [-0.1, -0.05) is 42.1 Å². The van der Waals surface area contributed by atoms with Crippen LogP contribution in [0.5, 0.6) is 0 Å². The van der Waals surface area contributed by atoms with Crippen molar-refractivity contribution in [1.82, 2.24) is 9.97 Å². The van der Waals surface area contributed by atoms with Crippen molar-refractivity contribution in [3.63, 3.8) is 0 Å². The Morgan fingerprint density at radius 1 is 1.12 bits per heavy atom. The standard InChI is InChI=1S/C21H22N4S/c1-2-25-13-12-18(17-14-22-15-23-21(17)25)24-19-10-6-7-11-20(19)26-16-8-4-3-5-9-16/h3-11,14-15,18,24H,2,12-13H2,1H3. The first-order valence-corrected chi connectivity index (χ1v) is 9.80. The van der Waals surface area contributed by atoms with E-state index in [2.05, 4.69) is 75.6 Å². The highest BCUT2D eigenvalue weighted by Gasteiger charge is 2.26. The summed E-state index contributed by atoms with van der Waals surface area (Å²) in [5.74, 6) is 1.06. The zero-order valence-corrected chi connectivity index (χ0v) is 15.6. The normalized spacial score (nSPS) is 16.2. The minimum Gasteiger partial charge on any atom is -0.377 e. The smallest absolute Gasteiger partial charge is 0.137 e. The van der Waals surface area contributed by atoms with E-state index in [1.165, 1.54) is 15.4 Å². The van der Waals surface area contributed by atoms with Gasteiger partial charge in [-0.15, -0.1) is 0 Å². The molecule has 1 aliphatic rings. The molecule has 1 atom stereocenters. The summed E-state index contributed by atoms with van der Waals surface area (Å²) in [7, 11) is 0. The molecule has 0 fully saturated rings. The van der Waals surface area contributed by atoms with E-state index in [9.17, 15) is 0 Å². The number of nitrogens with one attached hydrogen (secondary N) is 1. The summed E-state index contributed by atoms with van der Waals surface area (Å²) in [6.07, 6.45) is 4.64. The predicted octanol–water partition coefficient (Wildman–Crippen LogP) is 5.01. The maximum absolute atomic E-state index is 4.52. The van der Waals surface area contributed by atoms with Crippen molar-refractivity contribution in [2.24, 2.45) is 0 Å². The topological polar surface area (TPSA) is 41.0 Å². The van der Waals surface area contributed by atoms with Crippen LogP contribution < -0.4 is 10.2 Å². The molecular formula is C21H22N4S. The van der Waals surface area contributed by atoms with E-state index >= 15 is 0 Å². The number of anilines is 2. The molecule has 4 nitrogen and oxygen atoms in total. The highest BCUT2D eigenvalue weighted by molar-refractivity contribution is 7.99. The number of fused-ring (bicyclic) bond motifs is 1. The van der Waals surface area contributed by atoms with E-state index in [1.807, 2.05) is 12.3 Å². The third-order valence-electron chi connectivity index (χ3n) is 4.65. The Labute approximate surface area is 158 Å². The van der Waals surface area contributed by atoms with Gasteiger partial charge in [0.2, 0.25) is 0 Å². The lowest BCUT2D eigenvalue weighted by molar-refractivity contribution is 0.614. The molecule has 0 amide bonds. The first-order valence-electron chi connectivity index (χ1n) is 8.98. The Balaban J connectivity index is 1.60. The minimum atomic E-state index is 0.228. The van der Waals surface area contributed by atoms with Gasteiger partial charge in [-0.3, -0.25) is 0 Å². The minimum absolute atomic E-state index is 0.228. The van der Waals surface area contributed by atoms with Crippen LogP contribution in [0.2, 0.25) is 0 Å². The number of aromatic nitrogens is 2. The van der Waals surface area contributed by atoms with Gasteiger partial charge in [-0.2, -0.15) is 0 Å². The maximum atomic E-state index is 4.52. The Hall–Kier alpha value is -2.53. The van der Waals surface area contributed by atoms with Crippen molar-refractivity contribution in [1.29, 1.82) is 0 Å². The van der Waals surface area contributed by atoms with Crippen molar-refractivity contribution in [3.05, 3.63) is 72.7 Å². The Morgan fingerprint density at radius 2 is 1.92 bits per heavy atom. The van der Waals surface area contributed by atoms with Crippen LogP contribution in [-0.2, 0) is 0 Å². The number of para-hydroxylation sites is 1. The fourth-order valence-corrected chi connectivity index (χ4v) is 4.26. The number of benzene rings is 2. The molecule has 0 radical (unpaired) electrons. The van der Waals surface area contributed by atoms with Crippen molar-refractivity contribution in [3.8, 4) is 0 Å². The lowest BCUT2D eigenvalue weighted by Crippen LogP contribution is -2.34. The predicted molar refractivity (Wildman–Crippen MR) is 108 cm³/mol. The van der Waals surface area contributed by atoms with E-state index < -0.39 is 0 Å². The second kappa shape index (κ2) is 7.79. The van der Waals surface area contributed by atoms with Crippen LogP contribution in [0.15, 0.2) is 76.9 Å². The van der Waals surface area contributed by atoms with Crippen LogP contribution in [0, 0.1) is 0 Å². The molecule has 132 valence electrons. The first-order chi connectivity index (χ1) is 12.8. The van der Waals surface area contributed by atoms with E-state index in [0.717, 1.165) is 31.0 Å². The fraction of sp³-hybridized carbons (Fsp3) is 0.238. The van der Waals surface area contributed by atoms with Gasteiger partial charge >= 0.3 is 0 Å². The summed E-state index contributed by atoms with van der Waals surface area (Å²) in [6.45, 7) is 4.15. The van der Waals surface area contributed by atoms with Crippen molar-refractivity contribution in [2.75, 3.05) is 23.3 Å². The van der Waals surface area contributed by atoms with Gasteiger partial charge in [0.05, 0.1) is 6.04 Å². The Bertz CT molecular complexity index is 869. The van der Waals surface area contributed by atoms with Gasteiger partial charge in [-0.05, 0) is 37.6 Å². The molecule has 3 aromatic rings. The van der Waals surface area contributed by atoms with E-state index in [-0.39, 0.29) is 6.04 Å². The molecule has 1 unspecified atom stereocenters. The Morgan fingerprint density at radius 3 is 2.77 bits per heavy atom. The summed E-state index contributed by atoms with van der Waals surface area (Å²) >= 11 is 1.78. The van der Waals surface area contributed by atoms with Crippen LogP contribution >= 0.6 is 11.8 Å². The number of nitrogens with zero attached hydrogens (tertiary/aromatic N) is 3. The molecule has 0 saturated carbocycles. The first kappa shape index (κ1) is 16.9. The third kappa shape index (κ3) is 3.53. The lowest BCUT2D eigenvalue weighted by atomic mass is 10.0. The molecule has 0 aliphatic carbocycles. The lowest BCUT2D eigenvalue weighted by Gasteiger charge is -2.34. The zero-order chi connectivity index (χ0) is 17.8. The van der Waals surface area contributed by atoms with Crippen molar-refractivity contribution >= 4 is 23.3 Å². The van der Waals surface area contributed by atoms with Crippen LogP contribution in [0.3, 0.4) is 0 Å². The van der Waals surface area contributed by atoms with Crippen molar-refractivity contribution < 1.29 is 0 Å². The second-order valence-electron chi connectivity index (χ2n) is 6.28. The largest absolute Gasteiger partial charge is 0.377 e. The SMILES string of the molecule is CCN1CCC(Nc2ccccc2Sc2ccccc2)c2cncnc21. The molecule has 0 bridgehead atoms. The van der Waals surface area contributed by atoms with Gasteiger partial charge in [0.25, 0.3) is 0 Å². The number of rotatable bonds is 5. The quantitative estimate of drug-likeness (QED) is 0.691. The molecule has 2 heterocycles. The van der Waals surface area contributed by atoms with Gasteiger partial charge in [0, 0.05) is 40.3 Å². The van der Waals surface area contributed by atoms with Gasteiger partial charge < -0.3 is 10.2 Å². The molecule has 0 saturated heterocycles. The molecule has 2 aromatic carbocycles. The molecule has 5 heteroatoms. The van der Waals surface area contributed by atoms with Crippen LogP contribution in [0.4, 0.5) is 11.5 Å². The van der Waals surface area contributed by atoms with Gasteiger partial charge in [-0.25, -0.2) is 9.97 Å². The van der Waals surface area contributed by atoms with Crippen LogP contribution in [-0.4, -0.2) is 23.1 Å². The average Bonchev–Trinajstić information content (AvgIpc) is 2.70. The third-order valence-corrected chi connectivity index (χ3v) is 5.73. The summed E-state index contributed by atoms with van der Waals surface area (Å²) in [4.78, 5) is 13.6. The maximum Gasteiger partial charge on any atom is 0.137 e. The molecule has 1 aromatic heterocycles. The van der Waals surface area contributed by atoms with Gasteiger partial charge in [0.15, 0.2) is 0 Å². The highest BCUT2D eigenvalue weighted by Crippen LogP contribution is 2.38. The summed E-state index contributed by atoms with van der Waals surface area (Å²) in [5.41, 5.74) is 2.34. The summed E-state index contributed by atoms with van der Waals surface area (Å²) in [5, 5.41) is 3.74. The second-order valence-corrected chi connectivity index (χ2v) is 7.39. The monoisotopic (exact) mass is 362 g/mol. The van der Waals surface area contributed by atoms with Crippen molar-refractivity contribution in [2.45, 2.75) is 29.2 Å². The van der Waals surface area contributed by atoms with Gasteiger partial charge in [0.1, 0.15) is 12.1 Å². The van der Waals surface area contributed by atoms with Crippen LogP contribution in [0.1, 0.15) is 24.9 Å². The molecule has 1 N–H and O–H groups in total. The molecule has 26 heavy (non-hydrogen) atoms. The Kier molecular flexibility index (Phi) is 5.07. The summed E-state index contributed by atoms with van der Waals surface area (Å²) in [6, 6.07) is 19.2. The number of hydrogen-bond acceptors (Lipinski definition) is 5.